The topological polar surface area (TPSA) is 42.6 Å². The summed E-state index contributed by atoms with van der Waals surface area (Å²) in [5.74, 6) is 0.544. The van der Waals surface area contributed by atoms with Gasteiger partial charge in [-0.2, -0.15) is 0 Å². The molecule has 0 N–H and O–H groups in total. The third kappa shape index (κ3) is 3.98. The Morgan fingerprint density at radius 2 is 1.93 bits per heavy atom. The Balaban J connectivity index is 1.50. The Bertz CT molecular complexity index is 1050. The first-order valence-corrected chi connectivity index (χ1v) is 9.43. The summed E-state index contributed by atoms with van der Waals surface area (Å²) in [5, 5.41) is 0. The van der Waals surface area contributed by atoms with Gasteiger partial charge in [-0.1, -0.05) is 24.3 Å². The molecule has 1 aliphatic heterocycles. The maximum atomic E-state index is 13.2. The highest BCUT2D eigenvalue weighted by atomic mass is 19.1. The molecule has 1 aromatic heterocycles. The molecule has 0 radical (unpaired) electrons. The molecule has 2 aromatic carbocycles. The van der Waals surface area contributed by atoms with E-state index in [0.29, 0.717) is 0 Å². The van der Waals surface area contributed by atoms with Crippen molar-refractivity contribution < 1.29 is 9.13 Å². The van der Waals surface area contributed by atoms with Crippen LogP contribution in [0.4, 0.5) is 4.39 Å². The van der Waals surface area contributed by atoms with Gasteiger partial charge in [-0.25, -0.2) is 9.37 Å². The molecule has 0 saturated heterocycles. The lowest BCUT2D eigenvalue weighted by molar-refractivity contribution is 0.287. The number of aliphatic imine (C=N–C) groups is 1. The van der Waals surface area contributed by atoms with Crippen LogP contribution < -0.4 is 4.74 Å². The second-order valence-electron chi connectivity index (χ2n) is 7.09. The van der Waals surface area contributed by atoms with Crippen molar-refractivity contribution in [3.8, 4) is 11.4 Å². The molecule has 0 bridgehead atoms. The fourth-order valence-electron chi connectivity index (χ4n) is 3.47. The van der Waals surface area contributed by atoms with Crippen molar-refractivity contribution in [1.29, 1.82) is 0 Å². The summed E-state index contributed by atoms with van der Waals surface area (Å²) in [6.45, 7) is 1.96. The third-order valence-corrected chi connectivity index (χ3v) is 5.10. The van der Waals surface area contributed by atoms with E-state index in [2.05, 4.69) is 21.0 Å². The van der Waals surface area contributed by atoms with Crippen molar-refractivity contribution >= 4 is 12.3 Å². The number of aromatic nitrogens is 2. The highest BCUT2D eigenvalue weighted by molar-refractivity contribution is 5.70. The number of hydrogen-bond acceptors (Lipinski definition) is 4. The summed E-state index contributed by atoms with van der Waals surface area (Å²) < 4.78 is 20.7. The zero-order chi connectivity index (χ0) is 20.4. The molecule has 5 nitrogen and oxygen atoms in total. The Morgan fingerprint density at radius 3 is 2.62 bits per heavy atom. The Morgan fingerprint density at radius 1 is 1.14 bits per heavy atom. The largest absolute Gasteiger partial charge is 0.495 e. The molecule has 0 saturated carbocycles. The monoisotopic (exact) mass is 390 g/mol. The SMILES string of the molecule is COc1cc(C=CC2N=CC(c3ccc(F)cc3)N2C)ccc1-n1cnc(C)c1. The average Bonchev–Trinajstić information content (AvgIpc) is 3.32. The van der Waals surface area contributed by atoms with E-state index in [-0.39, 0.29) is 18.0 Å². The number of likely N-dealkylation sites (N-methyl/N-ethyl adjacent to an activating group) is 1. The summed E-state index contributed by atoms with van der Waals surface area (Å²) in [6.07, 6.45) is 9.67. The summed E-state index contributed by atoms with van der Waals surface area (Å²) in [6, 6.07) is 12.7. The van der Waals surface area contributed by atoms with E-state index < -0.39 is 0 Å². The predicted molar refractivity (Wildman–Crippen MR) is 113 cm³/mol. The molecule has 2 atom stereocenters. The van der Waals surface area contributed by atoms with E-state index in [1.54, 1.807) is 25.6 Å². The van der Waals surface area contributed by atoms with E-state index in [1.165, 1.54) is 12.1 Å². The Hall–Kier alpha value is -3.25. The van der Waals surface area contributed by atoms with Gasteiger partial charge in [0.25, 0.3) is 0 Å². The van der Waals surface area contributed by atoms with E-state index >= 15 is 0 Å². The van der Waals surface area contributed by atoms with Crippen molar-refractivity contribution in [3.05, 3.63) is 83.7 Å². The number of rotatable bonds is 5. The number of ether oxygens (including phenoxy) is 1. The van der Waals surface area contributed by atoms with Crippen molar-refractivity contribution in [2.45, 2.75) is 19.1 Å². The van der Waals surface area contributed by atoms with Gasteiger partial charge < -0.3 is 9.30 Å². The lowest BCUT2D eigenvalue weighted by Gasteiger charge is -2.22. The first-order valence-electron chi connectivity index (χ1n) is 9.43. The molecule has 3 aromatic rings. The lowest BCUT2D eigenvalue weighted by atomic mass is 10.1. The van der Waals surface area contributed by atoms with Crippen molar-refractivity contribution in [3.63, 3.8) is 0 Å². The van der Waals surface area contributed by atoms with Crippen LogP contribution in [0.15, 0.2) is 66.1 Å². The van der Waals surface area contributed by atoms with Crippen LogP contribution in [-0.4, -0.2) is 41.0 Å². The van der Waals surface area contributed by atoms with Crippen LogP contribution in [0.2, 0.25) is 0 Å². The van der Waals surface area contributed by atoms with Gasteiger partial charge in [0, 0.05) is 12.4 Å². The summed E-state index contributed by atoms with van der Waals surface area (Å²) in [5.41, 5.74) is 3.94. The molecule has 1 aliphatic rings. The molecule has 29 heavy (non-hydrogen) atoms. The van der Waals surface area contributed by atoms with Crippen LogP contribution in [0.3, 0.4) is 0 Å². The van der Waals surface area contributed by atoms with Gasteiger partial charge in [0.1, 0.15) is 17.7 Å². The van der Waals surface area contributed by atoms with Gasteiger partial charge in [0.2, 0.25) is 0 Å². The maximum absolute atomic E-state index is 13.2. The molecule has 0 aliphatic carbocycles. The minimum Gasteiger partial charge on any atom is -0.495 e. The van der Waals surface area contributed by atoms with Gasteiger partial charge in [-0.15, -0.1) is 0 Å². The van der Waals surface area contributed by atoms with Crippen LogP contribution in [0.5, 0.6) is 5.75 Å². The average molecular weight is 390 g/mol. The van der Waals surface area contributed by atoms with Gasteiger partial charge in [0.05, 0.1) is 30.9 Å². The van der Waals surface area contributed by atoms with E-state index in [9.17, 15) is 4.39 Å². The zero-order valence-electron chi connectivity index (χ0n) is 16.7. The summed E-state index contributed by atoms with van der Waals surface area (Å²) in [4.78, 5) is 11.0. The van der Waals surface area contributed by atoms with Gasteiger partial charge >= 0.3 is 0 Å². The fraction of sp³-hybridized carbons (Fsp3) is 0.217. The number of halogens is 1. The van der Waals surface area contributed by atoms with Crippen LogP contribution in [0.25, 0.3) is 11.8 Å². The molecule has 0 spiro atoms. The molecule has 2 heterocycles. The number of nitrogens with zero attached hydrogens (tertiary/aromatic N) is 4. The molecule has 4 rings (SSSR count). The lowest BCUT2D eigenvalue weighted by Crippen LogP contribution is -2.27. The van der Waals surface area contributed by atoms with E-state index in [0.717, 1.165) is 28.3 Å². The van der Waals surface area contributed by atoms with E-state index in [4.69, 9.17) is 4.74 Å². The second-order valence-corrected chi connectivity index (χ2v) is 7.09. The standard InChI is InChI=1S/C23H23FN4O/c1-16-14-28(15-26-16)20-10-4-17(12-22(20)29-3)5-11-23-25-13-21(27(23)2)18-6-8-19(24)9-7-18/h4-15,21,23H,1-3H3. The molecule has 0 fully saturated rings. The number of aryl methyl sites for hydroxylation is 1. The number of methoxy groups -OCH3 is 1. The number of benzene rings is 2. The third-order valence-electron chi connectivity index (χ3n) is 5.10. The summed E-state index contributed by atoms with van der Waals surface area (Å²) in [7, 11) is 3.68. The van der Waals surface area contributed by atoms with E-state index in [1.807, 2.05) is 55.2 Å². The quantitative estimate of drug-likeness (QED) is 0.647. The minimum absolute atomic E-state index is 0.0339. The van der Waals surface area contributed by atoms with Crippen LogP contribution >= 0.6 is 0 Å². The molecule has 2 unspecified atom stereocenters. The Kier molecular flexibility index (Phi) is 5.27. The van der Waals surface area contributed by atoms with Crippen LogP contribution in [0.1, 0.15) is 22.9 Å². The highest BCUT2D eigenvalue weighted by Crippen LogP contribution is 2.28. The van der Waals surface area contributed by atoms with Gasteiger partial charge in [0.15, 0.2) is 0 Å². The maximum Gasteiger partial charge on any atom is 0.143 e. The molecule has 6 heteroatoms. The molecular formula is C23H23FN4O. The van der Waals surface area contributed by atoms with Gasteiger partial charge in [-0.3, -0.25) is 9.89 Å². The van der Waals surface area contributed by atoms with Crippen LogP contribution in [0, 0.1) is 12.7 Å². The zero-order valence-corrected chi connectivity index (χ0v) is 16.7. The number of hydrogen-bond donors (Lipinski definition) is 0. The minimum atomic E-state index is -0.231. The summed E-state index contributed by atoms with van der Waals surface area (Å²) >= 11 is 0. The molecule has 148 valence electrons. The normalized spacial score (nSPS) is 19.3. The van der Waals surface area contributed by atoms with Crippen molar-refractivity contribution in [1.82, 2.24) is 14.5 Å². The number of imidazole rings is 1. The first-order chi connectivity index (χ1) is 14.0. The highest BCUT2D eigenvalue weighted by Gasteiger charge is 2.25. The van der Waals surface area contributed by atoms with Crippen molar-refractivity contribution in [2.75, 3.05) is 14.2 Å². The van der Waals surface area contributed by atoms with Crippen molar-refractivity contribution in [2.24, 2.45) is 4.99 Å². The Labute approximate surface area is 169 Å². The van der Waals surface area contributed by atoms with Crippen LogP contribution in [-0.2, 0) is 0 Å². The fourth-order valence-corrected chi connectivity index (χ4v) is 3.47. The first kappa shape index (κ1) is 19.1. The second kappa shape index (κ2) is 8.01. The smallest absolute Gasteiger partial charge is 0.143 e. The van der Waals surface area contributed by atoms with Gasteiger partial charge in [-0.05, 0) is 55.4 Å². The molecule has 0 amide bonds. The molecular weight excluding hydrogens is 367 g/mol. The predicted octanol–water partition coefficient (Wildman–Crippen LogP) is 4.43.